The van der Waals surface area contributed by atoms with Crippen LogP contribution in [0.1, 0.15) is 88.5 Å². The van der Waals surface area contributed by atoms with Gasteiger partial charge in [-0.1, -0.05) is 27.7 Å². The van der Waals surface area contributed by atoms with Crippen molar-refractivity contribution in [3.05, 3.63) is 0 Å². The predicted octanol–water partition coefficient (Wildman–Crippen LogP) is 5.35. The van der Waals surface area contributed by atoms with Crippen molar-refractivity contribution in [2.24, 2.45) is 5.92 Å². The van der Waals surface area contributed by atoms with Crippen LogP contribution in [0.3, 0.4) is 0 Å². The third-order valence-electron chi connectivity index (χ3n) is 4.77. The molecule has 0 rings (SSSR count). The van der Waals surface area contributed by atoms with Gasteiger partial charge in [-0.25, -0.2) is 0 Å². The molecule has 0 bridgehead atoms. The average molecular weight is 404 g/mol. The average Bonchev–Trinajstić information content (AvgIpc) is 2.40. The molecule has 0 aromatic rings. The van der Waals surface area contributed by atoms with Gasteiger partial charge in [0.15, 0.2) is 0 Å². The van der Waals surface area contributed by atoms with Crippen LogP contribution in [0.4, 0.5) is 0 Å². The molecule has 0 saturated carbocycles. The fourth-order valence-electron chi connectivity index (χ4n) is 3.39. The van der Waals surface area contributed by atoms with Crippen molar-refractivity contribution in [3.63, 3.8) is 0 Å². The molecule has 0 heterocycles. The summed E-state index contributed by atoms with van der Waals surface area (Å²) in [7, 11) is 1.71. The van der Waals surface area contributed by atoms with E-state index in [9.17, 15) is 4.79 Å². The maximum Gasteiger partial charge on any atom is 0.225 e. The van der Waals surface area contributed by atoms with Crippen LogP contribution < -0.4 is 0 Å². The summed E-state index contributed by atoms with van der Waals surface area (Å²) in [5, 5.41) is 0. The van der Waals surface area contributed by atoms with Crippen molar-refractivity contribution in [1.29, 1.82) is 0 Å². The Morgan fingerprint density at radius 3 is 1.93 bits per heavy atom. The lowest BCUT2D eigenvalue weighted by Gasteiger charge is -2.44. The van der Waals surface area contributed by atoms with E-state index in [0.717, 1.165) is 19.4 Å². The molecule has 0 spiro atoms. The molecule has 162 valence electrons. The molecule has 0 aliphatic rings. The van der Waals surface area contributed by atoms with Crippen LogP contribution in [-0.4, -0.2) is 52.6 Å². The fraction of sp³-hybridized carbons (Fsp3) is 0.955. The first-order chi connectivity index (χ1) is 11.9. The lowest BCUT2D eigenvalue weighted by Crippen LogP contribution is -2.53. The minimum Gasteiger partial charge on any atom is -0.379 e. The van der Waals surface area contributed by atoms with Crippen LogP contribution in [0.5, 0.6) is 0 Å². The van der Waals surface area contributed by atoms with Gasteiger partial charge in [0.05, 0.1) is 24.2 Å². The molecule has 0 N–H and O–H groups in total. The van der Waals surface area contributed by atoms with E-state index in [4.69, 9.17) is 22.1 Å². The van der Waals surface area contributed by atoms with Crippen molar-refractivity contribution < 1.29 is 14.3 Å². The maximum absolute atomic E-state index is 13.2. The maximum atomic E-state index is 13.2. The van der Waals surface area contributed by atoms with E-state index in [2.05, 4.69) is 41.5 Å². The first-order valence-corrected chi connectivity index (χ1v) is 10.6. The highest BCUT2D eigenvalue weighted by Gasteiger charge is 2.37. The Morgan fingerprint density at radius 2 is 1.52 bits per heavy atom. The van der Waals surface area contributed by atoms with E-state index >= 15 is 0 Å². The van der Waals surface area contributed by atoms with E-state index in [1.165, 1.54) is 0 Å². The number of amides is 1. The minimum absolute atomic E-state index is 0.141. The third-order valence-corrected chi connectivity index (χ3v) is 4.93. The minimum atomic E-state index is -0.511. The van der Waals surface area contributed by atoms with Gasteiger partial charge in [-0.3, -0.25) is 4.79 Å². The molecule has 4 nitrogen and oxygen atoms in total. The molecule has 27 heavy (non-hydrogen) atoms. The zero-order chi connectivity index (χ0) is 21.7. The Labute approximate surface area is 174 Å². The van der Waals surface area contributed by atoms with Gasteiger partial charge >= 0.3 is 0 Å². The van der Waals surface area contributed by atoms with Crippen LogP contribution in [0.25, 0.3) is 0 Å². The number of carbonyl (C=O) groups is 1. The summed E-state index contributed by atoms with van der Waals surface area (Å²) in [6, 6.07) is 0. The summed E-state index contributed by atoms with van der Waals surface area (Å²) in [4.78, 5) is 15.3. The van der Waals surface area contributed by atoms with Crippen LogP contribution >= 0.6 is 12.6 Å². The number of methoxy groups -OCH3 is 1. The zero-order valence-corrected chi connectivity index (χ0v) is 20.6. The first-order valence-electron chi connectivity index (χ1n) is 10.1. The zero-order valence-electron chi connectivity index (χ0n) is 19.7. The van der Waals surface area contributed by atoms with Gasteiger partial charge in [-0.15, -0.1) is 0 Å². The van der Waals surface area contributed by atoms with E-state index in [0.29, 0.717) is 18.9 Å². The molecule has 0 saturated heterocycles. The number of hydrogen-bond acceptors (Lipinski definition) is 4. The summed E-state index contributed by atoms with van der Waals surface area (Å²) >= 11 is 4.70. The second-order valence-electron chi connectivity index (χ2n) is 10.7. The number of rotatable bonds is 12. The Bertz CT molecular complexity index is 465. The van der Waals surface area contributed by atoms with Crippen molar-refractivity contribution >= 4 is 18.5 Å². The molecule has 0 fully saturated rings. The van der Waals surface area contributed by atoms with Crippen molar-refractivity contribution in [2.45, 2.75) is 110 Å². The van der Waals surface area contributed by atoms with Crippen molar-refractivity contribution in [3.8, 4) is 0 Å². The van der Waals surface area contributed by atoms with Crippen molar-refractivity contribution in [2.75, 3.05) is 20.3 Å². The highest BCUT2D eigenvalue weighted by Crippen LogP contribution is 2.32. The van der Waals surface area contributed by atoms with E-state index < -0.39 is 5.60 Å². The lowest BCUT2D eigenvalue weighted by atomic mass is 9.88. The molecular formula is C22H45NO3S. The number of nitrogens with zero attached hydrogens (tertiary/aromatic N) is 1. The highest BCUT2D eigenvalue weighted by atomic mass is 32.1. The van der Waals surface area contributed by atoms with Gasteiger partial charge < -0.3 is 14.4 Å². The summed E-state index contributed by atoms with van der Waals surface area (Å²) in [5.74, 6) is 0.546. The molecule has 0 radical (unpaired) electrons. The van der Waals surface area contributed by atoms with E-state index in [1.54, 1.807) is 7.11 Å². The van der Waals surface area contributed by atoms with Gasteiger partial charge in [0, 0.05) is 23.9 Å². The number of hydrogen-bond donors (Lipinski definition) is 1. The van der Waals surface area contributed by atoms with Crippen LogP contribution in [-0.2, 0) is 14.3 Å². The molecule has 0 aromatic carbocycles. The topological polar surface area (TPSA) is 38.8 Å². The van der Waals surface area contributed by atoms with E-state index in [1.807, 2.05) is 32.6 Å². The summed E-state index contributed by atoms with van der Waals surface area (Å²) < 4.78 is 11.4. The standard InChI is InChI=1S/C22H45NO3S/c1-17(2)15-23(19(3,4)16-22(9,10)27)18(24)14-21(7,8)26-13-12-20(5,6)25-11/h17,27H,12-16H2,1-11H3. The normalized spacial score (nSPS) is 14.0. The third kappa shape index (κ3) is 11.4. The predicted molar refractivity (Wildman–Crippen MR) is 119 cm³/mol. The molecule has 0 aromatic heterocycles. The van der Waals surface area contributed by atoms with Crippen molar-refractivity contribution in [1.82, 2.24) is 4.90 Å². The molecule has 0 unspecified atom stereocenters. The quantitative estimate of drug-likeness (QED) is 0.447. The monoisotopic (exact) mass is 403 g/mol. The number of carbonyl (C=O) groups excluding carboxylic acids is 1. The SMILES string of the molecule is COC(C)(C)CCOC(C)(C)CC(=O)N(CC(C)C)C(C)(C)CC(C)(C)S. The van der Waals surface area contributed by atoms with E-state index in [-0.39, 0.29) is 21.8 Å². The largest absolute Gasteiger partial charge is 0.379 e. The molecule has 0 atom stereocenters. The number of ether oxygens (including phenoxy) is 2. The Morgan fingerprint density at radius 1 is 1.00 bits per heavy atom. The van der Waals surface area contributed by atoms with Gasteiger partial charge in [0.2, 0.25) is 5.91 Å². The summed E-state index contributed by atoms with van der Waals surface area (Å²) in [6.07, 6.45) is 1.98. The Kier molecular flexibility index (Phi) is 9.88. The van der Waals surface area contributed by atoms with Gasteiger partial charge in [0.1, 0.15) is 0 Å². The Hall–Kier alpha value is -0.260. The summed E-state index contributed by atoms with van der Waals surface area (Å²) in [5.41, 5.74) is -0.993. The second-order valence-corrected chi connectivity index (χ2v) is 11.9. The van der Waals surface area contributed by atoms with Crippen LogP contribution in [0, 0.1) is 5.92 Å². The smallest absolute Gasteiger partial charge is 0.225 e. The highest BCUT2D eigenvalue weighted by molar-refractivity contribution is 7.81. The lowest BCUT2D eigenvalue weighted by molar-refractivity contribution is -0.145. The molecule has 1 amide bonds. The fourth-order valence-corrected chi connectivity index (χ4v) is 3.78. The molecule has 0 aliphatic carbocycles. The Balaban J connectivity index is 5.12. The molecular weight excluding hydrogens is 358 g/mol. The second kappa shape index (κ2) is 9.98. The number of thiol groups is 1. The van der Waals surface area contributed by atoms with Gasteiger partial charge in [-0.2, -0.15) is 12.6 Å². The van der Waals surface area contributed by atoms with Crippen LogP contribution in [0.2, 0.25) is 0 Å². The van der Waals surface area contributed by atoms with Crippen LogP contribution in [0.15, 0.2) is 0 Å². The van der Waals surface area contributed by atoms with Gasteiger partial charge in [0.25, 0.3) is 0 Å². The van der Waals surface area contributed by atoms with Gasteiger partial charge in [-0.05, 0) is 60.3 Å². The summed E-state index contributed by atoms with van der Waals surface area (Å²) in [6.45, 7) is 22.2. The first kappa shape index (κ1) is 26.7. The molecule has 5 heteroatoms. The molecule has 0 aliphatic heterocycles.